The van der Waals surface area contributed by atoms with Gasteiger partial charge in [0.15, 0.2) is 11.5 Å². The summed E-state index contributed by atoms with van der Waals surface area (Å²) >= 11 is 0. The number of furan rings is 1. The lowest BCUT2D eigenvalue weighted by Crippen LogP contribution is -2.01. The van der Waals surface area contributed by atoms with Crippen molar-refractivity contribution in [1.82, 2.24) is 0 Å². The first-order valence-corrected chi connectivity index (χ1v) is 8.26. The third kappa shape index (κ3) is 3.53. The normalized spacial score (nSPS) is 10.0. The van der Waals surface area contributed by atoms with Crippen LogP contribution in [0.2, 0.25) is 0 Å². The predicted octanol–water partition coefficient (Wildman–Crippen LogP) is 4.02. The molecule has 6 nitrogen and oxygen atoms in total. The molecule has 0 spiro atoms. The number of methoxy groups -OCH3 is 2. The van der Waals surface area contributed by atoms with Crippen molar-refractivity contribution in [1.29, 1.82) is 0 Å². The molecule has 0 radical (unpaired) electrons. The topological polar surface area (TPSA) is 67.1 Å². The molecule has 0 unspecified atom stereocenters. The van der Waals surface area contributed by atoms with E-state index in [0.29, 0.717) is 28.6 Å². The summed E-state index contributed by atoms with van der Waals surface area (Å²) in [4.78, 5) is 11.5. The SMILES string of the molecule is CCOC(=O)C#COc1c(-c2ccco2)c(OC)c2ccccc2c1OC. The van der Waals surface area contributed by atoms with E-state index in [9.17, 15) is 4.79 Å². The van der Waals surface area contributed by atoms with E-state index in [-0.39, 0.29) is 6.61 Å². The van der Waals surface area contributed by atoms with Crippen molar-refractivity contribution >= 4 is 16.7 Å². The lowest BCUT2D eigenvalue weighted by Gasteiger charge is -2.17. The zero-order chi connectivity index (χ0) is 19.2. The smallest absolute Gasteiger partial charge is 0.387 e. The van der Waals surface area contributed by atoms with Crippen molar-refractivity contribution in [2.45, 2.75) is 6.92 Å². The average Bonchev–Trinajstić information content (AvgIpc) is 3.21. The van der Waals surface area contributed by atoms with Gasteiger partial charge in [0, 0.05) is 10.8 Å². The monoisotopic (exact) mass is 366 g/mol. The molecule has 1 aromatic heterocycles. The molecule has 0 aliphatic heterocycles. The lowest BCUT2D eigenvalue weighted by atomic mass is 10.0. The van der Waals surface area contributed by atoms with Crippen LogP contribution in [-0.4, -0.2) is 26.8 Å². The highest BCUT2D eigenvalue weighted by Gasteiger charge is 2.25. The van der Waals surface area contributed by atoms with Gasteiger partial charge < -0.3 is 23.4 Å². The van der Waals surface area contributed by atoms with Crippen LogP contribution in [0.4, 0.5) is 0 Å². The van der Waals surface area contributed by atoms with Gasteiger partial charge >= 0.3 is 5.97 Å². The van der Waals surface area contributed by atoms with E-state index in [1.54, 1.807) is 32.4 Å². The van der Waals surface area contributed by atoms with Gasteiger partial charge in [-0.1, -0.05) is 24.3 Å². The molecule has 2 aromatic carbocycles. The second-order valence-corrected chi connectivity index (χ2v) is 5.34. The Hall–Kier alpha value is -3.59. The third-order valence-corrected chi connectivity index (χ3v) is 3.83. The molecule has 0 atom stereocenters. The van der Waals surface area contributed by atoms with Crippen molar-refractivity contribution in [2.24, 2.45) is 0 Å². The number of hydrogen-bond acceptors (Lipinski definition) is 6. The van der Waals surface area contributed by atoms with Crippen LogP contribution >= 0.6 is 0 Å². The number of hydrogen-bond donors (Lipinski definition) is 0. The van der Waals surface area contributed by atoms with Crippen LogP contribution in [0.25, 0.3) is 22.1 Å². The van der Waals surface area contributed by atoms with Crippen LogP contribution in [0, 0.1) is 12.0 Å². The van der Waals surface area contributed by atoms with Gasteiger partial charge in [-0.05, 0) is 19.1 Å². The maximum Gasteiger partial charge on any atom is 0.387 e. The van der Waals surface area contributed by atoms with Crippen LogP contribution in [0.15, 0.2) is 47.1 Å². The first-order chi connectivity index (χ1) is 13.2. The Labute approximate surface area is 156 Å². The molecule has 0 aliphatic rings. The van der Waals surface area contributed by atoms with Crippen LogP contribution in [0.1, 0.15) is 6.92 Å². The molecule has 1 heterocycles. The molecule has 3 aromatic rings. The van der Waals surface area contributed by atoms with Gasteiger partial charge in [-0.25, -0.2) is 4.79 Å². The fraction of sp³-hybridized carbons (Fsp3) is 0.190. The minimum atomic E-state index is -0.677. The number of esters is 1. The number of carbonyl (C=O) groups excluding carboxylic acids is 1. The standard InChI is InChI=1S/C21H18O6/c1-4-25-17(22)11-13-27-21-18(16-10-7-12-26-16)19(23-2)14-8-5-6-9-15(14)20(21)24-3/h5-10,12H,4H2,1-3H3. The molecule has 0 amide bonds. The largest absolute Gasteiger partial charge is 0.495 e. The molecule has 3 rings (SSSR count). The second kappa shape index (κ2) is 8.19. The highest BCUT2D eigenvalue weighted by Crippen LogP contribution is 2.50. The summed E-state index contributed by atoms with van der Waals surface area (Å²) in [6.45, 7) is 1.94. The highest BCUT2D eigenvalue weighted by molar-refractivity contribution is 6.02. The van der Waals surface area contributed by atoms with Gasteiger partial charge in [0.1, 0.15) is 23.2 Å². The summed E-state index contributed by atoms with van der Waals surface area (Å²) < 4.78 is 27.2. The summed E-state index contributed by atoms with van der Waals surface area (Å²) in [5, 5.41) is 1.61. The Morgan fingerprint density at radius 1 is 1.00 bits per heavy atom. The Morgan fingerprint density at radius 2 is 1.70 bits per heavy atom. The first-order valence-electron chi connectivity index (χ1n) is 8.26. The molecule has 27 heavy (non-hydrogen) atoms. The second-order valence-electron chi connectivity index (χ2n) is 5.34. The van der Waals surface area contributed by atoms with Crippen molar-refractivity contribution < 1.29 is 28.2 Å². The molecular weight excluding hydrogens is 348 g/mol. The molecule has 6 heteroatoms. The third-order valence-electron chi connectivity index (χ3n) is 3.83. The number of rotatable bonds is 5. The van der Waals surface area contributed by atoms with Crippen molar-refractivity contribution in [3.8, 4) is 40.6 Å². The van der Waals surface area contributed by atoms with Crippen molar-refractivity contribution in [3.63, 3.8) is 0 Å². The average molecular weight is 366 g/mol. The number of carbonyl (C=O) groups is 1. The lowest BCUT2D eigenvalue weighted by molar-refractivity contribution is -0.136. The van der Waals surface area contributed by atoms with Crippen LogP contribution in [0.3, 0.4) is 0 Å². The predicted molar refractivity (Wildman–Crippen MR) is 99.8 cm³/mol. The van der Waals surface area contributed by atoms with E-state index in [1.165, 1.54) is 7.11 Å². The van der Waals surface area contributed by atoms with Gasteiger partial charge in [0.25, 0.3) is 0 Å². The molecule has 0 bridgehead atoms. The van der Waals surface area contributed by atoms with Gasteiger partial charge in [-0.15, -0.1) is 0 Å². The molecule has 0 saturated heterocycles. The minimum Gasteiger partial charge on any atom is -0.495 e. The van der Waals surface area contributed by atoms with E-state index < -0.39 is 5.97 Å². The summed E-state index contributed by atoms with van der Waals surface area (Å²) in [5.74, 6) is 3.42. The van der Waals surface area contributed by atoms with E-state index in [0.717, 1.165) is 10.8 Å². The van der Waals surface area contributed by atoms with Crippen LogP contribution in [-0.2, 0) is 9.53 Å². The summed E-state index contributed by atoms with van der Waals surface area (Å²) in [6.07, 6.45) is 3.92. The number of benzene rings is 2. The molecule has 0 aliphatic carbocycles. The highest BCUT2D eigenvalue weighted by atomic mass is 16.5. The molecule has 0 saturated carbocycles. The molecular formula is C21H18O6. The van der Waals surface area contributed by atoms with E-state index in [2.05, 4.69) is 12.0 Å². The number of fused-ring (bicyclic) bond motifs is 1. The fourth-order valence-electron chi connectivity index (χ4n) is 2.79. The van der Waals surface area contributed by atoms with E-state index in [4.69, 9.17) is 23.4 Å². The summed E-state index contributed by atoms with van der Waals surface area (Å²) in [6, 6.07) is 11.1. The summed E-state index contributed by atoms with van der Waals surface area (Å²) in [5.41, 5.74) is 0.538. The Morgan fingerprint density at radius 3 is 2.30 bits per heavy atom. The molecule has 138 valence electrons. The zero-order valence-electron chi connectivity index (χ0n) is 15.2. The number of ether oxygens (including phenoxy) is 4. The maximum absolute atomic E-state index is 11.5. The van der Waals surface area contributed by atoms with Crippen molar-refractivity contribution in [3.05, 3.63) is 42.7 Å². The Bertz CT molecular complexity index is 1010. The Kier molecular flexibility index (Phi) is 5.53. The first kappa shape index (κ1) is 18.2. The van der Waals surface area contributed by atoms with Gasteiger partial charge in [-0.3, -0.25) is 0 Å². The van der Waals surface area contributed by atoms with Crippen LogP contribution < -0.4 is 14.2 Å². The maximum atomic E-state index is 11.5. The van der Waals surface area contributed by atoms with Gasteiger partial charge in [0.05, 0.1) is 33.0 Å². The van der Waals surface area contributed by atoms with Gasteiger partial charge in [-0.2, -0.15) is 0 Å². The summed E-state index contributed by atoms with van der Waals surface area (Å²) in [7, 11) is 3.10. The molecule has 0 N–H and O–H groups in total. The quantitative estimate of drug-likeness (QED) is 0.502. The van der Waals surface area contributed by atoms with E-state index in [1.807, 2.05) is 24.3 Å². The van der Waals surface area contributed by atoms with Crippen LogP contribution in [0.5, 0.6) is 17.2 Å². The Balaban J connectivity index is 2.25. The minimum absolute atomic E-state index is 0.234. The van der Waals surface area contributed by atoms with Crippen molar-refractivity contribution in [2.75, 3.05) is 20.8 Å². The fourth-order valence-corrected chi connectivity index (χ4v) is 2.79. The van der Waals surface area contributed by atoms with E-state index >= 15 is 0 Å². The molecule has 0 fully saturated rings. The zero-order valence-corrected chi connectivity index (χ0v) is 15.2. The van der Waals surface area contributed by atoms with Gasteiger partial charge in [0.2, 0.25) is 0 Å².